The lowest BCUT2D eigenvalue weighted by Gasteiger charge is -2.21. The summed E-state index contributed by atoms with van der Waals surface area (Å²) in [6, 6.07) is 10.9. The Bertz CT molecular complexity index is 2170. The first kappa shape index (κ1) is 46.5. The molecular formula is C35H43F2N5O10S2. The molecule has 0 saturated carbocycles. The number of hydrogen-bond acceptors (Lipinski definition) is 13. The smallest absolute Gasteiger partial charge is 0.275 e. The first-order valence-electron chi connectivity index (χ1n) is 15.6. The van der Waals surface area contributed by atoms with Crippen molar-refractivity contribution in [1.82, 2.24) is 9.97 Å². The molecule has 0 unspecified atom stereocenters. The zero-order chi connectivity index (χ0) is 40.1. The monoisotopic (exact) mass is 795 g/mol. The second kappa shape index (κ2) is 20.6. The molecule has 54 heavy (non-hydrogen) atoms. The van der Waals surface area contributed by atoms with Gasteiger partial charge in [0.25, 0.3) is 5.69 Å². The van der Waals surface area contributed by atoms with Crippen molar-refractivity contribution < 1.29 is 49.6 Å². The van der Waals surface area contributed by atoms with Gasteiger partial charge in [0, 0.05) is 31.5 Å². The molecule has 0 radical (unpaired) electrons. The number of benzene rings is 2. The van der Waals surface area contributed by atoms with E-state index in [0.717, 1.165) is 18.6 Å². The summed E-state index contributed by atoms with van der Waals surface area (Å²) >= 11 is 0. The van der Waals surface area contributed by atoms with Crippen molar-refractivity contribution in [3.63, 3.8) is 0 Å². The van der Waals surface area contributed by atoms with Gasteiger partial charge in [-0.3, -0.25) is 14.9 Å². The van der Waals surface area contributed by atoms with Gasteiger partial charge in [-0.05, 0) is 41.8 Å². The van der Waals surface area contributed by atoms with Crippen LogP contribution in [-0.4, -0.2) is 77.2 Å². The number of methoxy groups -OCH3 is 2. The van der Waals surface area contributed by atoms with Crippen LogP contribution in [-0.2, 0) is 48.5 Å². The number of aldehydes is 1. The van der Waals surface area contributed by atoms with E-state index in [2.05, 4.69) is 9.97 Å². The van der Waals surface area contributed by atoms with Crippen LogP contribution in [0.25, 0.3) is 0 Å². The van der Waals surface area contributed by atoms with Crippen LogP contribution < -0.4 is 20.1 Å². The van der Waals surface area contributed by atoms with Gasteiger partial charge in [0.15, 0.2) is 19.7 Å². The number of nitro benzene ring substituents is 1. The predicted molar refractivity (Wildman–Crippen MR) is 199 cm³/mol. The van der Waals surface area contributed by atoms with Crippen LogP contribution >= 0.6 is 0 Å². The molecule has 15 nitrogen and oxygen atoms in total. The molecule has 0 aliphatic carbocycles. The van der Waals surface area contributed by atoms with Gasteiger partial charge in [0.05, 0.1) is 54.9 Å². The van der Waals surface area contributed by atoms with Gasteiger partial charge in [-0.25, -0.2) is 35.6 Å². The third-order valence-electron chi connectivity index (χ3n) is 7.16. The Morgan fingerprint density at radius 3 is 2.00 bits per heavy atom. The molecule has 3 heterocycles. The Morgan fingerprint density at radius 1 is 0.926 bits per heavy atom. The highest BCUT2D eigenvalue weighted by Gasteiger charge is 2.26. The van der Waals surface area contributed by atoms with E-state index < -0.39 is 30.4 Å². The highest BCUT2D eigenvalue weighted by Crippen LogP contribution is 2.29. The van der Waals surface area contributed by atoms with Crippen molar-refractivity contribution in [2.24, 2.45) is 0 Å². The molecule has 0 bridgehead atoms. The normalized spacial score (nSPS) is 12.0. The molecule has 1 amide bonds. The summed E-state index contributed by atoms with van der Waals surface area (Å²) < 4.78 is 83.0. The Balaban J connectivity index is 0.000000428. The summed E-state index contributed by atoms with van der Waals surface area (Å²) in [4.78, 5) is 41.5. The average molecular weight is 796 g/mol. The van der Waals surface area contributed by atoms with Crippen molar-refractivity contribution >= 4 is 48.9 Å². The fourth-order valence-electron chi connectivity index (χ4n) is 4.79. The third kappa shape index (κ3) is 12.3. The van der Waals surface area contributed by atoms with Crippen LogP contribution in [0.3, 0.4) is 0 Å². The lowest BCUT2D eigenvalue weighted by Crippen LogP contribution is -2.32. The summed E-state index contributed by atoms with van der Waals surface area (Å²) in [5, 5.41) is 10.4. The standard InChI is InChI=1S/C17H17FN2O4S.C8H6FNO3.C7H10N2O3S.C2H6.CH4/c1-24-17-15(25(2,22)23)9-12(10-19-17)20-7-6-13-11(8-16(20)21)4-3-5-14(13)18;9-7-2-1-3-8(10(12)13)6(7)4-5-11;1-12-7-6(13(2,10)11)3-5(8)4-9-7;1-2;/h3-5,9-10H,6-8H2,1-2H3;1-3,5H,4H2;3-4H,8H2,1-2H3;1-2H3;1H4. The summed E-state index contributed by atoms with van der Waals surface area (Å²) in [5.41, 5.74) is 6.68. The maximum absolute atomic E-state index is 14.0. The van der Waals surface area contributed by atoms with E-state index in [0.29, 0.717) is 35.2 Å². The van der Waals surface area contributed by atoms with Crippen molar-refractivity contribution in [3.8, 4) is 11.8 Å². The number of nitrogens with zero attached hydrogens (tertiary/aromatic N) is 4. The Labute approximate surface area is 313 Å². The minimum Gasteiger partial charge on any atom is -0.480 e. The zero-order valence-electron chi connectivity index (χ0n) is 29.7. The number of fused-ring (bicyclic) bond motifs is 1. The molecule has 4 aromatic rings. The number of amides is 1. The molecule has 5 rings (SSSR count). The maximum atomic E-state index is 14.0. The summed E-state index contributed by atoms with van der Waals surface area (Å²) in [6.07, 6.45) is 5.40. The molecule has 2 aromatic carbocycles. The molecule has 0 saturated heterocycles. The van der Waals surface area contributed by atoms with Crippen molar-refractivity contribution in [1.29, 1.82) is 0 Å². The number of ether oxygens (including phenoxy) is 2. The fraction of sp³-hybridized carbons (Fsp3) is 0.314. The topological polar surface area (TPSA) is 219 Å². The van der Waals surface area contributed by atoms with E-state index in [9.17, 15) is 45.3 Å². The Kier molecular flexibility index (Phi) is 17.7. The minimum atomic E-state index is -3.58. The summed E-state index contributed by atoms with van der Waals surface area (Å²) in [5.74, 6) is -1.26. The van der Waals surface area contributed by atoms with Gasteiger partial charge in [0.1, 0.15) is 27.7 Å². The molecule has 2 N–H and O–H groups in total. The minimum absolute atomic E-state index is 0. The summed E-state index contributed by atoms with van der Waals surface area (Å²) in [6.45, 7) is 4.24. The van der Waals surface area contributed by atoms with E-state index in [-0.39, 0.29) is 71.3 Å². The van der Waals surface area contributed by atoms with Gasteiger partial charge >= 0.3 is 0 Å². The lowest BCUT2D eigenvalue weighted by molar-refractivity contribution is -0.385. The van der Waals surface area contributed by atoms with Gasteiger partial charge < -0.3 is 24.9 Å². The lowest BCUT2D eigenvalue weighted by atomic mass is 10.0. The maximum Gasteiger partial charge on any atom is 0.275 e. The van der Waals surface area contributed by atoms with Gasteiger partial charge in [-0.1, -0.05) is 39.5 Å². The SMILES string of the molecule is C.CC.COc1ncc(N)cc1S(C)(=O)=O.COc1ncc(N2CCc3c(F)cccc3CC2=O)cc1S(C)(=O)=O.O=CCc1c(F)cccc1[N+](=O)[O-]. The molecule has 1 aliphatic rings. The largest absolute Gasteiger partial charge is 0.480 e. The van der Waals surface area contributed by atoms with Crippen LogP contribution in [0.15, 0.2) is 70.7 Å². The summed E-state index contributed by atoms with van der Waals surface area (Å²) in [7, 11) is -4.23. The molecule has 1 aliphatic heterocycles. The van der Waals surface area contributed by atoms with Crippen LogP contribution in [0.1, 0.15) is 38.0 Å². The number of carbonyl (C=O) groups excluding carboxylic acids is 2. The molecule has 19 heteroatoms. The number of halogens is 2. The second-order valence-electron chi connectivity index (χ2n) is 10.7. The van der Waals surface area contributed by atoms with Crippen molar-refractivity contribution in [2.45, 2.75) is 50.3 Å². The molecule has 0 fully saturated rings. The zero-order valence-corrected chi connectivity index (χ0v) is 31.3. The molecule has 0 atom stereocenters. The number of sulfone groups is 2. The van der Waals surface area contributed by atoms with Gasteiger partial charge in [-0.2, -0.15) is 0 Å². The van der Waals surface area contributed by atoms with Crippen LogP contribution in [0.5, 0.6) is 11.8 Å². The van der Waals surface area contributed by atoms with E-state index >= 15 is 0 Å². The average Bonchev–Trinajstić information content (AvgIpc) is 3.28. The molecule has 0 spiro atoms. The first-order chi connectivity index (χ1) is 24.9. The first-order valence-corrected chi connectivity index (χ1v) is 19.4. The Hall–Kier alpha value is -5.56. The van der Waals surface area contributed by atoms with Crippen LogP contribution in [0.4, 0.5) is 25.8 Å². The van der Waals surface area contributed by atoms with E-state index in [1.54, 1.807) is 12.1 Å². The van der Waals surface area contributed by atoms with Gasteiger partial charge in [-0.15, -0.1) is 0 Å². The van der Waals surface area contributed by atoms with Crippen molar-refractivity contribution in [2.75, 3.05) is 43.9 Å². The predicted octanol–water partition coefficient (Wildman–Crippen LogP) is 4.98. The highest BCUT2D eigenvalue weighted by molar-refractivity contribution is 7.91. The fourth-order valence-corrected chi connectivity index (χ4v) is 6.38. The molecule has 2 aromatic heterocycles. The van der Waals surface area contributed by atoms with Crippen molar-refractivity contribution in [3.05, 3.63) is 99.4 Å². The highest BCUT2D eigenvalue weighted by atomic mass is 32.2. The number of nitrogens with two attached hydrogens (primary N) is 1. The van der Waals surface area contributed by atoms with E-state index in [1.807, 2.05) is 13.8 Å². The quantitative estimate of drug-likeness (QED) is 0.142. The number of aromatic nitrogens is 2. The van der Waals surface area contributed by atoms with Crippen LogP contribution in [0.2, 0.25) is 0 Å². The molecular weight excluding hydrogens is 753 g/mol. The Morgan fingerprint density at radius 2 is 1.46 bits per heavy atom. The number of nitrogen functional groups attached to an aromatic ring is 1. The van der Waals surface area contributed by atoms with Crippen LogP contribution in [0, 0.1) is 21.7 Å². The number of rotatable bonds is 8. The number of nitro groups is 1. The number of hydrogen-bond donors (Lipinski definition) is 1. The van der Waals surface area contributed by atoms with E-state index in [4.69, 9.17) is 15.2 Å². The number of anilines is 2. The van der Waals surface area contributed by atoms with E-state index in [1.165, 1.54) is 61.8 Å². The van der Waals surface area contributed by atoms with Gasteiger partial charge in [0.2, 0.25) is 17.7 Å². The third-order valence-corrected chi connectivity index (χ3v) is 9.35. The number of pyridine rings is 2. The second-order valence-corrected chi connectivity index (χ2v) is 14.7. The number of carbonyl (C=O) groups is 2. The molecule has 294 valence electrons.